The van der Waals surface area contributed by atoms with Crippen LogP contribution in [-0.2, 0) is 17.8 Å². The van der Waals surface area contributed by atoms with Crippen LogP contribution in [0.3, 0.4) is 0 Å². The average molecular weight is 354 g/mol. The Hall–Kier alpha value is -2.67. The Morgan fingerprint density at radius 3 is 2.58 bits per heavy atom. The summed E-state index contributed by atoms with van der Waals surface area (Å²) in [6.07, 6.45) is 6.24. The number of nitrogens with zero attached hydrogens (tertiary/aromatic N) is 4. The van der Waals surface area contributed by atoms with Crippen LogP contribution in [0.4, 0.5) is 0 Å². The average Bonchev–Trinajstić information content (AvgIpc) is 3.15. The fourth-order valence-electron chi connectivity index (χ4n) is 3.32. The lowest BCUT2D eigenvalue weighted by Gasteiger charge is -2.34. The number of hydrogen-bond donors (Lipinski definition) is 0. The Bertz CT molecular complexity index is 761. The van der Waals surface area contributed by atoms with Gasteiger partial charge in [0, 0.05) is 51.5 Å². The molecule has 2 aliphatic rings. The van der Waals surface area contributed by atoms with E-state index in [2.05, 4.69) is 20.9 Å². The Morgan fingerprint density at radius 1 is 1.00 bits per heavy atom. The van der Waals surface area contributed by atoms with E-state index in [0.717, 1.165) is 49.8 Å². The highest BCUT2D eigenvalue weighted by Crippen LogP contribution is 2.32. The van der Waals surface area contributed by atoms with Crippen LogP contribution in [-0.4, -0.2) is 58.6 Å². The molecule has 136 valence electrons. The molecule has 0 N–H and O–H groups in total. The van der Waals surface area contributed by atoms with Crippen LogP contribution in [0.15, 0.2) is 36.9 Å². The maximum absolute atomic E-state index is 12.4. The third-order valence-corrected chi connectivity index (χ3v) is 4.81. The molecule has 0 aliphatic carbocycles. The van der Waals surface area contributed by atoms with Crippen molar-refractivity contribution in [1.82, 2.24) is 19.8 Å². The van der Waals surface area contributed by atoms with E-state index in [1.165, 1.54) is 11.9 Å². The summed E-state index contributed by atoms with van der Waals surface area (Å²) in [4.78, 5) is 24.7. The molecule has 1 aromatic carbocycles. The zero-order chi connectivity index (χ0) is 17.8. The van der Waals surface area contributed by atoms with Gasteiger partial charge >= 0.3 is 0 Å². The first-order chi connectivity index (χ1) is 12.8. The topological polar surface area (TPSA) is 67.8 Å². The summed E-state index contributed by atoms with van der Waals surface area (Å²) in [7, 11) is 0. The number of hydrogen-bond acceptors (Lipinski definition) is 6. The summed E-state index contributed by atoms with van der Waals surface area (Å²) in [5.74, 6) is 1.84. The first-order valence-corrected chi connectivity index (χ1v) is 8.90. The van der Waals surface area contributed by atoms with Gasteiger partial charge in [-0.05, 0) is 29.7 Å². The van der Waals surface area contributed by atoms with E-state index < -0.39 is 0 Å². The van der Waals surface area contributed by atoms with Gasteiger partial charge in [-0.25, -0.2) is 9.97 Å². The van der Waals surface area contributed by atoms with Crippen molar-refractivity contribution in [1.29, 1.82) is 0 Å². The molecule has 2 aromatic rings. The van der Waals surface area contributed by atoms with Crippen molar-refractivity contribution in [2.75, 3.05) is 33.0 Å². The van der Waals surface area contributed by atoms with Crippen molar-refractivity contribution in [3.8, 4) is 11.5 Å². The molecule has 0 bridgehead atoms. The van der Waals surface area contributed by atoms with Gasteiger partial charge in [-0.2, -0.15) is 0 Å². The largest absolute Gasteiger partial charge is 0.454 e. The molecule has 0 spiro atoms. The number of aryl methyl sites for hydroxylation is 1. The van der Waals surface area contributed by atoms with Crippen molar-refractivity contribution in [2.24, 2.45) is 0 Å². The van der Waals surface area contributed by atoms with Crippen molar-refractivity contribution in [3.63, 3.8) is 0 Å². The molecule has 0 radical (unpaired) electrons. The zero-order valence-electron chi connectivity index (χ0n) is 14.6. The van der Waals surface area contributed by atoms with Gasteiger partial charge < -0.3 is 14.4 Å². The normalized spacial score (nSPS) is 16.7. The maximum Gasteiger partial charge on any atom is 0.231 e. The molecule has 1 aromatic heterocycles. The molecule has 0 unspecified atom stereocenters. The van der Waals surface area contributed by atoms with Crippen molar-refractivity contribution >= 4 is 5.91 Å². The van der Waals surface area contributed by atoms with Gasteiger partial charge in [0.15, 0.2) is 11.5 Å². The number of piperazine rings is 1. The Labute approximate surface area is 152 Å². The highest BCUT2D eigenvalue weighted by atomic mass is 16.7. The standard InChI is InChI=1S/C19H22N4O3/c24-19(4-2-16-10-20-13-21-11-16)23-7-5-22(6-8-23)12-15-1-3-17-18(9-15)26-14-25-17/h1,3,9-11,13H,2,4-8,12,14H2. The number of rotatable bonds is 5. The number of carbonyl (C=O) groups excluding carboxylic acids is 1. The molecular weight excluding hydrogens is 332 g/mol. The smallest absolute Gasteiger partial charge is 0.231 e. The Morgan fingerprint density at radius 2 is 1.77 bits per heavy atom. The minimum Gasteiger partial charge on any atom is -0.454 e. The third kappa shape index (κ3) is 3.94. The number of ether oxygens (including phenoxy) is 2. The van der Waals surface area contributed by atoms with Crippen molar-refractivity contribution < 1.29 is 14.3 Å². The second-order valence-electron chi connectivity index (χ2n) is 6.59. The molecule has 7 nitrogen and oxygen atoms in total. The zero-order valence-corrected chi connectivity index (χ0v) is 14.6. The molecule has 1 saturated heterocycles. The fraction of sp³-hybridized carbons (Fsp3) is 0.421. The van der Waals surface area contributed by atoms with E-state index in [4.69, 9.17) is 9.47 Å². The number of amides is 1. The number of carbonyl (C=O) groups is 1. The molecule has 0 saturated carbocycles. The van der Waals surface area contributed by atoms with Crippen LogP contribution in [0.5, 0.6) is 11.5 Å². The van der Waals surface area contributed by atoms with Gasteiger partial charge in [-0.1, -0.05) is 6.07 Å². The van der Waals surface area contributed by atoms with Crippen LogP contribution >= 0.6 is 0 Å². The van der Waals surface area contributed by atoms with Gasteiger partial charge in [0.05, 0.1) is 0 Å². The molecule has 1 fully saturated rings. The number of benzene rings is 1. The summed E-state index contributed by atoms with van der Waals surface area (Å²) in [6, 6.07) is 6.08. The minimum atomic E-state index is 0.205. The van der Waals surface area contributed by atoms with Crippen LogP contribution in [0, 0.1) is 0 Å². The first kappa shape index (κ1) is 16.8. The molecule has 26 heavy (non-hydrogen) atoms. The molecule has 1 amide bonds. The van der Waals surface area contributed by atoms with Gasteiger partial charge in [0.2, 0.25) is 12.7 Å². The van der Waals surface area contributed by atoms with Crippen LogP contribution < -0.4 is 9.47 Å². The second kappa shape index (κ2) is 7.70. The lowest BCUT2D eigenvalue weighted by Crippen LogP contribution is -2.48. The van der Waals surface area contributed by atoms with Gasteiger partial charge in [-0.3, -0.25) is 9.69 Å². The summed E-state index contributed by atoms with van der Waals surface area (Å²) in [6.45, 7) is 4.47. The highest BCUT2D eigenvalue weighted by molar-refractivity contribution is 5.76. The predicted molar refractivity (Wildman–Crippen MR) is 94.8 cm³/mol. The Kier molecular flexibility index (Phi) is 4.97. The molecule has 7 heteroatoms. The van der Waals surface area contributed by atoms with E-state index in [-0.39, 0.29) is 5.91 Å². The summed E-state index contributed by atoms with van der Waals surface area (Å²) >= 11 is 0. The summed E-state index contributed by atoms with van der Waals surface area (Å²) < 4.78 is 10.8. The maximum atomic E-state index is 12.4. The summed E-state index contributed by atoms with van der Waals surface area (Å²) in [5.41, 5.74) is 2.21. The quantitative estimate of drug-likeness (QED) is 0.810. The molecule has 2 aliphatic heterocycles. The second-order valence-corrected chi connectivity index (χ2v) is 6.59. The first-order valence-electron chi connectivity index (χ1n) is 8.90. The molecule has 0 atom stereocenters. The number of fused-ring (bicyclic) bond motifs is 1. The van der Waals surface area contributed by atoms with E-state index in [9.17, 15) is 4.79 Å². The lowest BCUT2D eigenvalue weighted by atomic mass is 10.1. The van der Waals surface area contributed by atoms with Crippen LogP contribution in [0.1, 0.15) is 17.5 Å². The van der Waals surface area contributed by atoms with E-state index in [1.54, 1.807) is 12.4 Å². The minimum absolute atomic E-state index is 0.205. The molecular formula is C19H22N4O3. The fourth-order valence-corrected chi connectivity index (χ4v) is 3.32. The highest BCUT2D eigenvalue weighted by Gasteiger charge is 2.21. The van der Waals surface area contributed by atoms with Gasteiger partial charge in [0.1, 0.15) is 6.33 Å². The van der Waals surface area contributed by atoms with Gasteiger partial charge in [-0.15, -0.1) is 0 Å². The summed E-state index contributed by atoms with van der Waals surface area (Å²) in [5, 5.41) is 0. The number of aromatic nitrogens is 2. The van der Waals surface area contributed by atoms with Crippen molar-refractivity contribution in [3.05, 3.63) is 48.0 Å². The van der Waals surface area contributed by atoms with E-state index in [0.29, 0.717) is 19.6 Å². The Balaban J connectivity index is 1.24. The predicted octanol–water partition coefficient (Wildman–Crippen LogP) is 1.48. The van der Waals surface area contributed by atoms with Crippen LogP contribution in [0.2, 0.25) is 0 Å². The van der Waals surface area contributed by atoms with E-state index >= 15 is 0 Å². The molecule has 4 rings (SSSR count). The lowest BCUT2D eigenvalue weighted by molar-refractivity contribution is -0.133. The van der Waals surface area contributed by atoms with Crippen molar-refractivity contribution in [2.45, 2.75) is 19.4 Å². The monoisotopic (exact) mass is 354 g/mol. The van der Waals surface area contributed by atoms with E-state index in [1.807, 2.05) is 17.0 Å². The SMILES string of the molecule is O=C(CCc1cncnc1)N1CCN(Cc2ccc3c(c2)OCO3)CC1. The molecule has 3 heterocycles. The third-order valence-electron chi connectivity index (χ3n) is 4.81. The van der Waals surface area contributed by atoms with Crippen LogP contribution in [0.25, 0.3) is 0 Å². The van der Waals surface area contributed by atoms with Gasteiger partial charge in [0.25, 0.3) is 0 Å².